The molecule has 3 aromatic rings. The Bertz CT molecular complexity index is 877. The number of H-pyrrole nitrogens is 2. The number of hydrogen-bond donors (Lipinski definition) is 3. The van der Waals surface area contributed by atoms with Crippen molar-refractivity contribution in [2.24, 2.45) is 0 Å². The van der Waals surface area contributed by atoms with Gasteiger partial charge in [-0.05, 0) is 36.6 Å². The van der Waals surface area contributed by atoms with Gasteiger partial charge >= 0.3 is 0 Å². The van der Waals surface area contributed by atoms with Crippen molar-refractivity contribution < 1.29 is 4.79 Å². The number of hydrogen-bond acceptors (Lipinski definition) is 2. The molecule has 0 unspecified atom stereocenters. The molecular weight excluding hydrogens is 278 g/mol. The Morgan fingerprint density at radius 1 is 1.18 bits per heavy atom. The summed E-state index contributed by atoms with van der Waals surface area (Å²) >= 11 is 0. The zero-order chi connectivity index (χ0) is 15.5. The molecule has 0 saturated carbocycles. The van der Waals surface area contributed by atoms with E-state index in [0.717, 1.165) is 16.5 Å². The first-order valence-electron chi connectivity index (χ1n) is 7.18. The predicted molar refractivity (Wildman–Crippen MR) is 86.1 cm³/mol. The van der Waals surface area contributed by atoms with Crippen molar-refractivity contribution in [1.29, 1.82) is 0 Å². The summed E-state index contributed by atoms with van der Waals surface area (Å²) in [7, 11) is 0. The topological polar surface area (TPSA) is 77.8 Å². The summed E-state index contributed by atoms with van der Waals surface area (Å²) in [5.74, 6) is -0.334. The maximum atomic E-state index is 12.1. The first-order chi connectivity index (χ1) is 10.7. The normalized spacial score (nSPS) is 10.8. The first kappa shape index (κ1) is 14.1. The van der Waals surface area contributed by atoms with Crippen LogP contribution in [0, 0.1) is 6.92 Å². The Morgan fingerprint density at radius 2 is 2.00 bits per heavy atom. The van der Waals surface area contributed by atoms with Crippen LogP contribution in [-0.4, -0.2) is 22.4 Å². The number of nitrogens with one attached hydrogen (secondary N) is 3. The Balaban J connectivity index is 1.68. The molecule has 0 atom stereocenters. The molecule has 1 amide bonds. The van der Waals surface area contributed by atoms with Gasteiger partial charge in [0, 0.05) is 29.8 Å². The third-order valence-electron chi connectivity index (χ3n) is 3.75. The van der Waals surface area contributed by atoms with Gasteiger partial charge in [0.1, 0.15) is 5.56 Å². The molecule has 22 heavy (non-hydrogen) atoms. The highest BCUT2D eigenvalue weighted by Gasteiger charge is 2.13. The molecule has 0 saturated heterocycles. The molecule has 0 aliphatic carbocycles. The summed E-state index contributed by atoms with van der Waals surface area (Å²) in [4.78, 5) is 29.6. The van der Waals surface area contributed by atoms with E-state index in [9.17, 15) is 9.59 Å². The second kappa shape index (κ2) is 5.89. The van der Waals surface area contributed by atoms with Crippen LogP contribution >= 0.6 is 0 Å². The van der Waals surface area contributed by atoms with Crippen LogP contribution in [0.4, 0.5) is 0 Å². The molecule has 1 aromatic carbocycles. The van der Waals surface area contributed by atoms with E-state index in [-0.39, 0.29) is 17.0 Å². The molecule has 5 nitrogen and oxygen atoms in total. The second-order valence-electron chi connectivity index (χ2n) is 5.23. The number of fused-ring (bicyclic) bond motifs is 1. The van der Waals surface area contributed by atoms with Gasteiger partial charge in [0.15, 0.2) is 0 Å². The fraction of sp³-hybridized carbons (Fsp3) is 0.176. The van der Waals surface area contributed by atoms with Crippen molar-refractivity contribution in [3.05, 3.63) is 69.8 Å². The minimum absolute atomic E-state index is 0.182. The van der Waals surface area contributed by atoms with Crippen molar-refractivity contribution in [3.8, 4) is 0 Å². The average Bonchev–Trinajstić information content (AvgIpc) is 2.91. The summed E-state index contributed by atoms with van der Waals surface area (Å²) in [6, 6.07) is 9.76. The lowest BCUT2D eigenvalue weighted by molar-refractivity contribution is 0.0952. The molecule has 0 bridgehead atoms. The monoisotopic (exact) mass is 295 g/mol. The van der Waals surface area contributed by atoms with Crippen LogP contribution in [0.2, 0.25) is 0 Å². The van der Waals surface area contributed by atoms with E-state index in [1.54, 1.807) is 19.2 Å². The SMILES string of the molecule is Cc1cc[nH]c(=O)c1C(=O)NCCc1c[nH]c2ccccc12. The zero-order valence-corrected chi connectivity index (χ0v) is 12.3. The molecular formula is C17H17N3O2. The fourth-order valence-electron chi connectivity index (χ4n) is 2.60. The number of amides is 1. The Hall–Kier alpha value is -2.82. The van der Waals surface area contributed by atoms with Crippen LogP contribution in [0.5, 0.6) is 0 Å². The molecule has 0 fully saturated rings. The highest BCUT2D eigenvalue weighted by atomic mass is 16.2. The lowest BCUT2D eigenvalue weighted by Gasteiger charge is -2.06. The van der Waals surface area contributed by atoms with E-state index in [0.29, 0.717) is 18.5 Å². The van der Waals surface area contributed by atoms with Gasteiger partial charge in [0.25, 0.3) is 11.5 Å². The molecule has 2 aromatic heterocycles. The lowest BCUT2D eigenvalue weighted by atomic mass is 10.1. The number of aromatic amines is 2. The smallest absolute Gasteiger partial charge is 0.261 e. The molecule has 0 radical (unpaired) electrons. The molecule has 0 aliphatic rings. The van der Waals surface area contributed by atoms with Gasteiger partial charge in [-0.25, -0.2) is 0 Å². The number of carbonyl (C=O) groups excluding carboxylic acids is 1. The van der Waals surface area contributed by atoms with Crippen molar-refractivity contribution in [1.82, 2.24) is 15.3 Å². The number of benzene rings is 1. The van der Waals surface area contributed by atoms with Crippen LogP contribution < -0.4 is 10.9 Å². The molecule has 3 rings (SSSR count). The quantitative estimate of drug-likeness (QED) is 0.689. The number of pyridine rings is 1. The van der Waals surface area contributed by atoms with Crippen LogP contribution in [0.1, 0.15) is 21.5 Å². The predicted octanol–water partition coefficient (Wildman–Crippen LogP) is 2.14. The van der Waals surface area contributed by atoms with E-state index in [2.05, 4.69) is 21.4 Å². The maximum absolute atomic E-state index is 12.1. The summed E-state index contributed by atoms with van der Waals surface area (Å²) in [5, 5.41) is 3.97. The Labute approximate surface area is 127 Å². The van der Waals surface area contributed by atoms with Gasteiger partial charge in [0.2, 0.25) is 0 Å². The van der Waals surface area contributed by atoms with Gasteiger partial charge < -0.3 is 15.3 Å². The van der Waals surface area contributed by atoms with Gasteiger partial charge in [-0.1, -0.05) is 18.2 Å². The summed E-state index contributed by atoms with van der Waals surface area (Å²) in [6.45, 7) is 2.23. The standard InChI is InChI=1S/C17H17N3O2/c1-11-6-8-18-16(21)15(11)17(22)19-9-7-12-10-20-14-5-3-2-4-13(12)14/h2-6,8,10,20H,7,9H2,1H3,(H,18,21)(H,19,22). The third-order valence-corrected chi connectivity index (χ3v) is 3.75. The van der Waals surface area contributed by atoms with Crippen LogP contribution in [-0.2, 0) is 6.42 Å². The molecule has 3 N–H and O–H groups in total. The number of rotatable bonds is 4. The largest absolute Gasteiger partial charge is 0.361 e. The van der Waals surface area contributed by atoms with Crippen LogP contribution in [0.15, 0.2) is 47.5 Å². The Morgan fingerprint density at radius 3 is 2.82 bits per heavy atom. The summed E-state index contributed by atoms with van der Waals surface area (Å²) in [6.07, 6.45) is 4.21. The summed E-state index contributed by atoms with van der Waals surface area (Å²) < 4.78 is 0. The van der Waals surface area contributed by atoms with E-state index in [1.807, 2.05) is 24.4 Å². The van der Waals surface area contributed by atoms with Crippen molar-refractivity contribution >= 4 is 16.8 Å². The molecule has 112 valence electrons. The number of para-hydroxylation sites is 1. The molecule has 0 aliphatic heterocycles. The molecule has 2 heterocycles. The summed E-state index contributed by atoms with van der Waals surface area (Å²) in [5.41, 5.74) is 2.73. The van der Waals surface area contributed by atoms with Crippen molar-refractivity contribution in [3.63, 3.8) is 0 Å². The third kappa shape index (κ3) is 2.65. The maximum Gasteiger partial charge on any atom is 0.261 e. The van der Waals surface area contributed by atoms with E-state index >= 15 is 0 Å². The van der Waals surface area contributed by atoms with Gasteiger partial charge in [-0.3, -0.25) is 9.59 Å². The number of aromatic nitrogens is 2. The number of aryl methyl sites for hydroxylation is 1. The minimum atomic E-state index is -0.357. The van der Waals surface area contributed by atoms with Gasteiger partial charge in [0.05, 0.1) is 0 Å². The average molecular weight is 295 g/mol. The molecule has 5 heteroatoms. The first-order valence-corrected chi connectivity index (χ1v) is 7.18. The van der Waals surface area contributed by atoms with Gasteiger partial charge in [-0.15, -0.1) is 0 Å². The van der Waals surface area contributed by atoms with Crippen molar-refractivity contribution in [2.75, 3.05) is 6.54 Å². The lowest BCUT2D eigenvalue weighted by Crippen LogP contribution is -2.31. The minimum Gasteiger partial charge on any atom is -0.361 e. The van der Waals surface area contributed by atoms with Gasteiger partial charge in [-0.2, -0.15) is 0 Å². The Kier molecular flexibility index (Phi) is 3.78. The van der Waals surface area contributed by atoms with Crippen molar-refractivity contribution in [2.45, 2.75) is 13.3 Å². The highest BCUT2D eigenvalue weighted by molar-refractivity contribution is 5.95. The highest BCUT2D eigenvalue weighted by Crippen LogP contribution is 2.17. The number of carbonyl (C=O) groups is 1. The van der Waals surface area contributed by atoms with E-state index in [1.165, 1.54) is 0 Å². The second-order valence-corrected chi connectivity index (χ2v) is 5.23. The molecule has 0 spiro atoms. The van der Waals surface area contributed by atoms with Crippen LogP contribution in [0.25, 0.3) is 10.9 Å². The fourth-order valence-corrected chi connectivity index (χ4v) is 2.60. The zero-order valence-electron chi connectivity index (χ0n) is 12.3. The van der Waals surface area contributed by atoms with E-state index < -0.39 is 0 Å². The van der Waals surface area contributed by atoms with Crippen LogP contribution in [0.3, 0.4) is 0 Å². The van der Waals surface area contributed by atoms with E-state index in [4.69, 9.17) is 0 Å².